The predicted octanol–water partition coefficient (Wildman–Crippen LogP) is 5.63. The summed E-state index contributed by atoms with van der Waals surface area (Å²) < 4.78 is 46.1. The normalized spacial score (nSPS) is 11.2. The number of para-hydroxylation sites is 1. The van der Waals surface area contributed by atoms with Crippen molar-refractivity contribution in [3.05, 3.63) is 72.8 Å². The molecule has 2 N–H and O–H groups in total. The molecule has 3 rings (SSSR count). The number of hydrogen-bond donors (Lipinski definition) is 1. The number of anilines is 1. The molecule has 0 aliphatic rings. The van der Waals surface area contributed by atoms with Crippen molar-refractivity contribution in [1.29, 1.82) is 0 Å². The van der Waals surface area contributed by atoms with Gasteiger partial charge in [0.1, 0.15) is 17.2 Å². The minimum Gasteiger partial charge on any atom is -0.455 e. The van der Waals surface area contributed by atoms with Gasteiger partial charge in [-0.3, -0.25) is 0 Å². The fourth-order valence-corrected chi connectivity index (χ4v) is 2.29. The molecule has 0 amide bonds. The van der Waals surface area contributed by atoms with E-state index in [2.05, 4.69) is 4.74 Å². The molecule has 0 heterocycles. The molecule has 3 aromatic carbocycles. The maximum absolute atomic E-state index is 12.2. The van der Waals surface area contributed by atoms with Gasteiger partial charge < -0.3 is 15.2 Å². The molecule has 0 atom stereocenters. The van der Waals surface area contributed by atoms with Gasteiger partial charge in [0.15, 0.2) is 0 Å². The van der Waals surface area contributed by atoms with Gasteiger partial charge in [-0.2, -0.15) is 0 Å². The Morgan fingerprint density at radius 3 is 1.96 bits per heavy atom. The lowest BCUT2D eigenvalue weighted by atomic mass is 10.0. The number of ether oxygens (including phenoxy) is 2. The van der Waals surface area contributed by atoms with Gasteiger partial charge in [0.25, 0.3) is 0 Å². The fraction of sp³-hybridized carbons (Fsp3) is 0.0526. The van der Waals surface area contributed by atoms with Crippen LogP contribution in [0.1, 0.15) is 0 Å². The highest BCUT2D eigenvalue weighted by atomic mass is 19.4. The van der Waals surface area contributed by atoms with Crippen LogP contribution in [-0.4, -0.2) is 6.36 Å². The van der Waals surface area contributed by atoms with Crippen LogP contribution in [0, 0.1) is 0 Å². The smallest absolute Gasteiger partial charge is 0.455 e. The van der Waals surface area contributed by atoms with Gasteiger partial charge in [-0.05, 0) is 47.5 Å². The lowest BCUT2D eigenvalue weighted by Crippen LogP contribution is -2.16. The van der Waals surface area contributed by atoms with Gasteiger partial charge in [0.05, 0.1) is 5.69 Å². The minimum absolute atomic E-state index is 0.270. The maximum atomic E-state index is 12.2. The Kier molecular flexibility index (Phi) is 4.52. The number of benzene rings is 3. The molecule has 25 heavy (non-hydrogen) atoms. The first-order chi connectivity index (χ1) is 11.9. The molecule has 0 aliphatic carbocycles. The first-order valence-electron chi connectivity index (χ1n) is 7.39. The topological polar surface area (TPSA) is 44.5 Å². The summed E-state index contributed by atoms with van der Waals surface area (Å²) in [5.74, 6) is 0.899. The van der Waals surface area contributed by atoms with Gasteiger partial charge in [-0.1, -0.05) is 36.4 Å². The third-order valence-corrected chi connectivity index (χ3v) is 3.40. The molecule has 0 radical (unpaired) electrons. The van der Waals surface area contributed by atoms with Crippen LogP contribution >= 0.6 is 0 Å². The zero-order valence-electron chi connectivity index (χ0n) is 13.0. The van der Waals surface area contributed by atoms with E-state index in [-0.39, 0.29) is 5.75 Å². The van der Waals surface area contributed by atoms with Gasteiger partial charge >= 0.3 is 6.36 Å². The van der Waals surface area contributed by atoms with Crippen LogP contribution in [0.4, 0.5) is 18.9 Å². The van der Waals surface area contributed by atoms with Crippen molar-refractivity contribution in [1.82, 2.24) is 0 Å². The Hall–Kier alpha value is -3.15. The summed E-state index contributed by atoms with van der Waals surface area (Å²) in [6.07, 6.45) is -4.71. The van der Waals surface area contributed by atoms with E-state index in [0.29, 0.717) is 22.7 Å². The minimum atomic E-state index is -4.71. The zero-order chi connectivity index (χ0) is 17.9. The number of nitrogen functional groups attached to an aromatic ring is 1. The standard InChI is InChI=1S/C19H14F3NO2/c20-19(21,22)25-16-9-6-13(7-10-16)14-8-11-18(17(23)12-14)24-15-4-2-1-3-5-15/h1-12H,23H2. The molecular formula is C19H14F3NO2. The number of halogens is 3. The molecule has 3 aromatic rings. The van der Waals surface area contributed by atoms with Crippen molar-refractivity contribution in [2.75, 3.05) is 5.73 Å². The number of alkyl halides is 3. The Morgan fingerprint density at radius 1 is 0.720 bits per heavy atom. The average molecular weight is 345 g/mol. The van der Waals surface area contributed by atoms with Crippen LogP contribution < -0.4 is 15.2 Å². The van der Waals surface area contributed by atoms with E-state index in [1.807, 2.05) is 30.3 Å². The molecule has 0 bridgehead atoms. The van der Waals surface area contributed by atoms with Crippen LogP contribution in [0.25, 0.3) is 11.1 Å². The first kappa shape index (κ1) is 16.7. The van der Waals surface area contributed by atoms with Crippen molar-refractivity contribution >= 4 is 5.69 Å². The predicted molar refractivity (Wildman–Crippen MR) is 89.5 cm³/mol. The van der Waals surface area contributed by atoms with Crippen molar-refractivity contribution < 1.29 is 22.6 Å². The lowest BCUT2D eigenvalue weighted by molar-refractivity contribution is -0.274. The number of rotatable bonds is 4. The summed E-state index contributed by atoms with van der Waals surface area (Å²) in [6.45, 7) is 0. The summed E-state index contributed by atoms with van der Waals surface area (Å²) in [5, 5.41) is 0. The highest BCUT2D eigenvalue weighted by Crippen LogP contribution is 2.33. The molecule has 0 unspecified atom stereocenters. The van der Waals surface area contributed by atoms with E-state index in [1.54, 1.807) is 18.2 Å². The average Bonchev–Trinajstić information content (AvgIpc) is 2.57. The van der Waals surface area contributed by atoms with E-state index in [4.69, 9.17) is 10.5 Å². The number of nitrogens with two attached hydrogens (primary N) is 1. The Labute approximate surface area is 142 Å². The van der Waals surface area contributed by atoms with Gasteiger partial charge in [-0.15, -0.1) is 13.2 Å². The first-order valence-corrected chi connectivity index (χ1v) is 7.39. The van der Waals surface area contributed by atoms with E-state index in [9.17, 15) is 13.2 Å². The zero-order valence-corrected chi connectivity index (χ0v) is 13.0. The summed E-state index contributed by atoms with van der Waals surface area (Å²) in [5.41, 5.74) is 7.92. The van der Waals surface area contributed by atoms with Crippen molar-refractivity contribution in [3.63, 3.8) is 0 Å². The summed E-state index contributed by atoms with van der Waals surface area (Å²) in [7, 11) is 0. The third kappa shape index (κ3) is 4.44. The molecule has 6 heteroatoms. The van der Waals surface area contributed by atoms with E-state index in [0.717, 1.165) is 5.56 Å². The van der Waals surface area contributed by atoms with E-state index >= 15 is 0 Å². The third-order valence-electron chi connectivity index (χ3n) is 3.40. The summed E-state index contributed by atoms with van der Waals surface area (Å²) in [6, 6.07) is 20.0. The molecule has 0 saturated heterocycles. The van der Waals surface area contributed by atoms with Crippen LogP contribution in [0.3, 0.4) is 0 Å². The SMILES string of the molecule is Nc1cc(-c2ccc(OC(F)(F)F)cc2)ccc1Oc1ccccc1. The Morgan fingerprint density at radius 2 is 1.36 bits per heavy atom. The lowest BCUT2D eigenvalue weighted by Gasteiger charge is -2.11. The van der Waals surface area contributed by atoms with Crippen LogP contribution in [-0.2, 0) is 0 Å². The number of hydrogen-bond acceptors (Lipinski definition) is 3. The molecule has 0 aromatic heterocycles. The monoisotopic (exact) mass is 345 g/mol. The molecule has 0 aliphatic heterocycles. The van der Waals surface area contributed by atoms with Gasteiger partial charge in [0.2, 0.25) is 0 Å². The second-order valence-electron chi connectivity index (χ2n) is 5.24. The highest BCUT2D eigenvalue weighted by Gasteiger charge is 2.30. The quantitative estimate of drug-likeness (QED) is 0.624. The molecule has 0 saturated carbocycles. The van der Waals surface area contributed by atoms with Crippen LogP contribution in [0.5, 0.6) is 17.2 Å². The Bertz CT molecular complexity index is 847. The van der Waals surface area contributed by atoms with Crippen molar-refractivity contribution in [2.45, 2.75) is 6.36 Å². The second-order valence-corrected chi connectivity index (χ2v) is 5.24. The highest BCUT2D eigenvalue weighted by molar-refractivity contribution is 5.71. The Balaban J connectivity index is 1.78. The fourth-order valence-electron chi connectivity index (χ4n) is 2.29. The summed E-state index contributed by atoms with van der Waals surface area (Å²) in [4.78, 5) is 0. The van der Waals surface area contributed by atoms with Crippen molar-refractivity contribution in [3.8, 4) is 28.4 Å². The van der Waals surface area contributed by atoms with E-state index < -0.39 is 6.36 Å². The van der Waals surface area contributed by atoms with Crippen molar-refractivity contribution in [2.24, 2.45) is 0 Å². The summed E-state index contributed by atoms with van der Waals surface area (Å²) >= 11 is 0. The van der Waals surface area contributed by atoms with E-state index in [1.165, 1.54) is 24.3 Å². The largest absolute Gasteiger partial charge is 0.573 e. The van der Waals surface area contributed by atoms with Crippen LogP contribution in [0.15, 0.2) is 72.8 Å². The molecule has 128 valence electrons. The van der Waals surface area contributed by atoms with Gasteiger partial charge in [-0.25, -0.2) is 0 Å². The maximum Gasteiger partial charge on any atom is 0.573 e. The molecule has 0 spiro atoms. The molecule has 0 fully saturated rings. The van der Waals surface area contributed by atoms with Crippen LogP contribution in [0.2, 0.25) is 0 Å². The second kappa shape index (κ2) is 6.76. The molecule has 3 nitrogen and oxygen atoms in total. The molecular weight excluding hydrogens is 331 g/mol. The van der Waals surface area contributed by atoms with Gasteiger partial charge in [0, 0.05) is 0 Å².